The van der Waals surface area contributed by atoms with Crippen LogP contribution >= 0.6 is 0 Å². The van der Waals surface area contributed by atoms with Crippen LogP contribution in [-0.2, 0) is 0 Å². The minimum absolute atomic E-state index is 1.15. The number of hydrogen-bond acceptors (Lipinski definition) is 0. The van der Waals surface area contributed by atoms with Crippen LogP contribution in [0, 0.1) is 0 Å². The van der Waals surface area contributed by atoms with E-state index in [1.54, 1.807) is 0 Å². The van der Waals surface area contributed by atoms with E-state index in [-0.39, 0.29) is 0 Å². The minimum Gasteiger partial charge on any atom is -0.0988 e. The molecule has 0 radical (unpaired) electrons. The maximum Gasteiger partial charge on any atom is -0.0271 e. The fraction of sp³-hybridized carbons (Fsp3) is 0.529. The molecular formula is C17H28. The van der Waals surface area contributed by atoms with Crippen LogP contribution in [0.2, 0.25) is 0 Å². The van der Waals surface area contributed by atoms with Crippen LogP contribution < -0.4 is 0 Å². The van der Waals surface area contributed by atoms with E-state index in [1.807, 2.05) is 6.08 Å². The second kappa shape index (κ2) is 10.1. The second-order valence-electron chi connectivity index (χ2n) is 4.69. The van der Waals surface area contributed by atoms with Gasteiger partial charge in [-0.15, -0.1) is 0 Å². The Hall–Kier alpha value is -1.04. The minimum atomic E-state index is 1.15. The molecule has 0 nitrogen and oxygen atoms in total. The van der Waals surface area contributed by atoms with Crippen LogP contribution in [0.3, 0.4) is 0 Å². The third kappa shape index (κ3) is 7.79. The molecule has 0 heteroatoms. The van der Waals surface area contributed by atoms with Crippen molar-refractivity contribution in [3.05, 3.63) is 47.6 Å². The highest BCUT2D eigenvalue weighted by atomic mass is 14.0. The van der Waals surface area contributed by atoms with Gasteiger partial charge < -0.3 is 0 Å². The normalized spacial score (nSPS) is 11.9. The molecule has 0 aromatic heterocycles. The van der Waals surface area contributed by atoms with E-state index >= 15 is 0 Å². The van der Waals surface area contributed by atoms with Crippen molar-refractivity contribution in [3.8, 4) is 0 Å². The average Bonchev–Trinajstić information content (AvgIpc) is 2.31. The van der Waals surface area contributed by atoms with Crippen LogP contribution in [0.4, 0.5) is 0 Å². The van der Waals surface area contributed by atoms with Crippen LogP contribution in [0.25, 0.3) is 0 Å². The van der Waals surface area contributed by atoms with Crippen LogP contribution in [0.1, 0.15) is 59.8 Å². The van der Waals surface area contributed by atoms with E-state index in [1.165, 1.54) is 42.4 Å². The molecule has 0 bridgehead atoms. The van der Waals surface area contributed by atoms with Gasteiger partial charge in [0.15, 0.2) is 0 Å². The highest BCUT2D eigenvalue weighted by Crippen LogP contribution is 2.16. The maximum absolute atomic E-state index is 3.92. The van der Waals surface area contributed by atoms with Crippen molar-refractivity contribution in [2.45, 2.75) is 59.8 Å². The van der Waals surface area contributed by atoms with Gasteiger partial charge in [0, 0.05) is 0 Å². The van der Waals surface area contributed by atoms with E-state index in [4.69, 9.17) is 0 Å². The fourth-order valence-electron chi connectivity index (χ4n) is 1.73. The average molecular weight is 232 g/mol. The van der Waals surface area contributed by atoms with Gasteiger partial charge in [0.25, 0.3) is 0 Å². The lowest BCUT2D eigenvalue weighted by Crippen LogP contribution is -1.85. The highest BCUT2D eigenvalue weighted by molar-refractivity contribution is 5.39. The fourth-order valence-corrected chi connectivity index (χ4v) is 1.73. The summed E-state index contributed by atoms with van der Waals surface area (Å²) in [6.07, 6.45) is 14.9. The van der Waals surface area contributed by atoms with Crippen molar-refractivity contribution in [3.63, 3.8) is 0 Å². The Morgan fingerprint density at radius 3 is 2.29 bits per heavy atom. The van der Waals surface area contributed by atoms with Gasteiger partial charge in [0.1, 0.15) is 0 Å². The molecule has 0 atom stereocenters. The quantitative estimate of drug-likeness (QED) is 0.356. The van der Waals surface area contributed by atoms with Gasteiger partial charge >= 0.3 is 0 Å². The smallest absolute Gasteiger partial charge is 0.0271 e. The summed E-state index contributed by atoms with van der Waals surface area (Å²) < 4.78 is 0. The Bertz CT molecular complexity index is 296. The van der Waals surface area contributed by atoms with Crippen LogP contribution in [-0.4, -0.2) is 0 Å². The van der Waals surface area contributed by atoms with Crippen molar-refractivity contribution in [1.29, 1.82) is 0 Å². The number of rotatable bonds is 8. The molecule has 0 heterocycles. The van der Waals surface area contributed by atoms with Crippen molar-refractivity contribution >= 4 is 0 Å². The molecule has 0 aromatic carbocycles. The van der Waals surface area contributed by atoms with Gasteiger partial charge in [-0.05, 0) is 44.8 Å². The summed E-state index contributed by atoms with van der Waals surface area (Å²) in [6, 6.07) is 0. The summed E-state index contributed by atoms with van der Waals surface area (Å²) in [4.78, 5) is 0. The van der Waals surface area contributed by atoms with Gasteiger partial charge in [-0.3, -0.25) is 0 Å². The monoisotopic (exact) mass is 232 g/mol. The van der Waals surface area contributed by atoms with E-state index in [0.29, 0.717) is 0 Å². The maximum atomic E-state index is 3.92. The first-order valence-electron chi connectivity index (χ1n) is 6.78. The Morgan fingerprint density at radius 2 is 1.82 bits per heavy atom. The number of allylic oxidation sites excluding steroid dienone is 7. The summed E-state index contributed by atoms with van der Waals surface area (Å²) in [7, 11) is 0. The van der Waals surface area contributed by atoms with Gasteiger partial charge in [0.05, 0.1) is 0 Å². The number of unbranched alkanes of at least 4 members (excludes halogenated alkanes) is 3. The van der Waals surface area contributed by atoms with Gasteiger partial charge in [-0.2, -0.15) is 0 Å². The van der Waals surface area contributed by atoms with Crippen molar-refractivity contribution < 1.29 is 0 Å². The molecule has 0 unspecified atom stereocenters. The molecule has 17 heavy (non-hydrogen) atoms. The molecule has 0 aromatic rings. The zero-order valence-electron chi connectivity index (χ0n) is 12.1. The van der Waals surface area contributed by atoms with Gasteiger partial charge in [0.2, 0.25) is 0 Å². The van der Waals surface area contributed by atoms with Crippen LogP contribution in [0.5, 0.6) is 0 Å². The van der Waals surface area contributed by atoms with E-state index in [9.17, 15) is 0 Å². The van der Waals surface area contributed by atoms with Gasteiger partial charge in [-0.25, -0.2) is 0 Å². The van der Waals surface area contributed by atoms with Crippen LogP contribution in [0.15, 0.2) is 47.6 Å². The molecular weight excluding hydrogens is 204 g/mol. The molecule has 0 amide bonds. The molecule has 0 rings (SSSR count). The third-order valence-electron chi connectivity index (χ3n) is 2.85. The predicted octanol–water partition coefficient (Wildman–Crippen LogP) is 5.98. The summed E-state index contributed by atoms with van der Waals surface area (Å²) in [5, 5.41) is 0. The molecule has 0 saturated heterocycles. The van der Waals surface area contributed by atoms with Crippen molar-refractivity contribution in [1.82, 2.24) is 0 Å². The summed E-state index contributed by atoms with van der Waals surface area (Å²) in [5.41, 5.74) is 4.03. The second-order valence-corrected chi connectivity index (χ2v) is 4.69. The first-order valence-corrected chi connectivity index (χ1v) is 6.78. The lowest BCUT2D eigenvalue weighted by atomic mass is 10.0. The van der Waals surface area contributed by atoms with E-state index in [0.717, 1.165) is 6.42 Å². The lowest BCUT2D eigenvalue weighted by Gasteiger charge is -2.04. The Kier molecular flexibility index (Phi) is 9.52. The molecule has 0 N–H and O–H groups in total. The molecule has 0 aliphatic carbocycles. The van der Waals surface area contributed by atoms with Crippen molar-refractivity contribution in [2.24, 2.45) is 0 Å². The third-order valence-corrected chi connectivity index (χ3v) is 2.85. The summed E-state index contributed by atoms with van der Waals surface area (Å²) in [6.45, 7) is 12.5. The predicted molar refractivity (Wildman–Crippen MR) is 80.2 cm³/mol. The number of hydrogen-bond donors (Lipinski definition) is 0. The zero-order chi connectivity index (χ0) is 13.1. The molecule has 96 valence electrons. The molecule has 0 saturated carbocycles. The first-order chi connectivity index (χ1) is 8.15. The summed E-state index contributed by atoms with van der Waals surface area (Å²) in [5.74, 6) is 0. The molecule has 0 spiro atoms. The Morgan fingerprint density at radius 1 is 1.12 bits per heavy atom. The van der Waals surface area contributed by atoms with E-state index < -0.39 is 0 Å². The highest BCUT2D eigenvalue weighted by Gasteiger charge is 1.96. The molecule has 0 fully saturated rings. The van der Waals surface area contributed by atoms with E-state index in [2.05, 4.69) is 52.5 Å². The lowest BCUT2D eigenvalue weighted by molar-refractivity contribution is 0.668. The Labute approximate surface area is 108 Å². The molecule has 0 aliphatic heterocycles. The standard InChI is InChI=1S/C17H28/c1-6-9-10-11-13-16(8-3)14-17(12-7-2)15(4)5/h7-8,12,14H,3,6,9-11,13H2,1-2,4-5H3/b12-7-,16-14+. The largest absolute Gasteiger partial charge is 0.0988 e. The zero-order valence-corrected chi connectivity index (χ0v) is 12.1. The Balaban J connectivity index is 4.51. The first kappa shape index (κ1) is 16.0. The topological polar surface area (TPSA) is 0 Å². The van der Waals surface area contributed by atoms with Crippen molar-refractivity contribution in [2.75, 3.05) is 0 Å². The molecule has 0 aliphatic rings. The SMILES string of the molecule is C=C/C(=C\C(/C=C\C)=C(C)C)CCCCCC. The summed E-state index contributed by atoms with van der Waals surface area (Å²) >= 11 is 0. The van der Waals surface area contributed by atoms with Gasteiger partial charge in [-0.1, -0.05) is 62.6 Å².